The second kappa shape index (κ2) is 6.55. The minimum atomic E-state index is -3.66. The smallest absolute Gasteiger partial charge is 0.307 e. The lowest BCUT2D eigenvalue weighted by molar-refractivity contribution is -0.143. The van der Waals surface area contributed by atoms with Gasteiger partial charge in [0.15, 0.2) is 0 Å². The molecule has 0 radical (unpaired) electrons. The minimum absolute atomic E-state index is 0.0315. The van der Waals surface area contributed by atoms with Gasteiger partial charge in [0.1, 0.15) is 0 Å². The maximum absolute atomic E-state index is 12.3. The van der Waals surface area contributed by atoms with Crippen LogP contribution in [-0.4, -0.2) is 36.9 Å². The number of carboxylic acids is 1. The number of nitrogens with zero attached hydrogens (tertiary/aromatic N) is 1. The molecule has 116 valence electrons. The van der Waals surface area contributed by atoms with E-state index in [0.717, 1.165) is 5.56 Å². The Balaban J connectivity index is 2.03. The van der Waals surface area contributed by atoms with Gasteiger partial charge in [-0.25, -0.2) is 0 Å². The van der Waals surface area contributed by atoms with Crippen molar-refractivity contribution in [2.24, 2.45) is 11.8 Å². The lowest BCUT2D eigenvalue weighted by Crippen LogP contribution is -2.49. The zero-order valence-electron chi connectivity index (χ0n) is 11.9. The van der Waals surface area contributed by atoms with Gasteiger partial charge in [-0.05, 0) is 17.9 Å². The third-order valence-electron chi connectivity index (χ3n) is 3.62. The van der Waals surface area contributed by atoms with Gasteiger partial charge in [0.05, 0.1) is 5.92 Å². The van der Waals surface area contributed by atoms with Crippen LogP contribution in [0, 0.1) is 11.8 Å². The summed E-state index contributed by atoms with van der Waals surface area (Å²) in [6.45, 7) is 2.46. The van der Waals surface area contributed by atoms with E-state index in [-0.39, 0.29) is 19.0 Å². The summed E-state index contributed by atoms with van der Waals surface area (Å²) in [5.74, 6) is -1.54. The molecule has 2 atom stereocenters. The number of benzene rings is 1. The summed E-state index contributed by atoms with van der Waals surface area (Å²) in [5, 5.41) is 9.11. The molecule has 1 aliphatic heterocycles. The number of aliphatic carboxylic acids is 1. The zero-order chi connectivity index (χ0) is 15.5. The Labute approximate surface area is 125 Å². The largest absolute Gasteiger partial charge is 0.481 e. The third-order valence-corrected chi connectivity index (χ3v) is 5.10. The van der Waals surface area contributed by atoms with Crippen molar-refractivity contribution in [1.82, 2.24) is 9.03 Å². The molecule has 2 rings (SSSR count). The van der Waals surface area contributed by atoms with Crippen LogP contribution in [0.25, 0.3) is 0 Å². The van der Waals surface area contributed by atoms with Gasteiger partial charge in [0.25, 0.3) is 10.2 Å². The molecule has 0 saturated carbocycles. The Morgan fingerprint density at radius 1 is 1.33 bits per heavy atom. The Kier molecular flexibility index (Phi) is 4.97. The fourth-order valence-corrected chi connectivity index (χ4v) is 3.90. The van der Waals surface area contributed by atoms with Crippen molar-refractivity contribution in [2.75, 3.05) is 13.1 Å². The van der Waals surface area contributed by atoms with E-state index in [0.29, 0.717) is 13.0 Å². The van der Waals surface area contributed by atoms with E-state index in [1.807, 2.05) is 37.3 Å². The minimum Gasteiger partial charge on any atom is -0.481 e. The molecule has 1 aliphatic rings. The Morgan fingerprint density at radius 3 is 2.62 bits per heavy atom. The van der Waals surface area contributed by atoms with E-state index in [2.05, 4.69) is 4.72 Å². The summed E-state index contributed by atoms with van der Waals surface area (Å²) in [4.78, 5) is 11.1. The van der Waals surface area contributed by atoms with Crippen LogP contribution < -0.4 is 4.72 Å². The molecule has 2 N–H and O–H groups in total. The predicted molar refractivity (Wildman–Crippen MR) is 78.7 cm³/mol. The highest BCUT2D eigenvalue weighted by atomic mass is 32.2. The van der Waals surface area contributed by atoms with Crippen molar-refractivity contribution in [3.63, 3.8) is 0 Å². The van der Waals surface area contributed by atoms with E-state index in [1.165, 1.54) is 4.31 Å². The van der Waals surface area contributed by atoms with Crippen LogP contribution in [0.5, 0.6) is 0 Å². The first-order valence-corrected chi connectivity index (χ1v) is 8.34. The number of nitrogens with one attached hydrogen (secondary N) is 1. The SMILES string of the molecule is CC1CC(C(=O)O)CN(S(=O)(=O)NCc2ccccc2)C1. The third kappa shape index (κ3) is 4.26. The van der Waals surface area contributed by atoms with Crippen LogP contribution >= 0.6 is 0 Å². The molecule has 1 saturated heterocycles. The fourth-order valence-electron chi connectivity index (χ4n) is 2.54. The number of carboxylic acid groups (broad SMARTS) is 1. The van der Waals surface area contributed by atoms with Gasteiger partial charge in [0, 0.05) is 19.6 Å². The van der Waals surface area contributed by atoms with Gasteiger partial charge in [-0.3, -0.25) is 4.79 Å². The zero-order valence-corrected chi connectivity index (χ0v) is 12.7. The van der Waals surface area contributed by atoms with E-state index >= 15 is 0 Å². The first-order chi connectivity index (χ1) is 9.88. The van der Waals surface area contributed by atoms with E-state index < -0.39 is 22.1 Å². The molecule has 0 aliphatic carbocycles. The molecular weight excluding hydrogens is 292 g/mol. The summed E-state index contributed by atoms with van der Waals surface area (Å²) in [6, 6.07) is 9.21. The van der Waals surface area contributed by atoms with Crippen molar-refractivity contribution in [2.45, 2.75) is 19.9 Å². The summed E-state index contributed by atoms with van der Waals surface area (Å²) in [5.41, 5.74) is 0.862. The first kappa shape index (κ1) is 15.9. The molecule has 0 amide bonds. The van der Waals surface area contributed by atoms with Gasteiger partial charge in [0.2, 0.25) is 0 Å². The average molecular weight is 312 g/mol. The maximum Gasteiger partial charge on any atom is 0.307 e. The lowest BCUT2D eigenvalue weighted by Gasteiger charge is -2.33. The Morgan fingerprint density at radius 2 is 2.00 bits per heavy atom. The Bertz CT molecular complexity index is 588. The second-order valence-electron chi connectivity index (χ2n) is 5.50. The molecule has 1 heterocycles. The number of hydrogen-bond acceptors (Lipinski definition) is 3. The van der Waals surface area contributed by atoms with Gasteiger partial charge in [-0.1, -0.05) is 37.3 Å². The summed E-state index contributed by atoms with van der Waals surface area (Å²) >= 11 is 0. The van der Waals surface area contributed by atoms with Crippen LogP contribution in [0.2, 0.25) is 0 Å². The van der Waals surface area contributed by atoms with Crippen LogP contribution in [0.4, 0.5) is 0 Å². The molecule has 1 aromatic carbocycles. The number of hydrogen-bond donors (Lipinski definition) is 2. The highest BCUT2D eigenvalue weighted by Gasteiger charge is 2.35. The quantitative estimate of drug-likeness (QED) is 0.851. The average Bonchev–Trinajstić information content (AvgIpc) is 2.45. The summed E-state index contributed by atoms with van der Waals surface area (Å²) in [6.07, 6.45) is 0.514. The van der Waals surface area contributed by atoms with Gasteiger partial charge < -0.3 is 5.11 Å². The highest BCUT2D eigenvalue weighted by Crippen LogP contribution is 2.23. The van der Waals surface area contributed by atoms with Crippen molar-refractivity contribution in [1.29, 1.82) is 0 Å². The van der Waals surface area contributed by atoms with E-state index in [9.17, 15) is 13.2 Å². The van der Waals surface area contributed by atoms with Gasteiger partial charge in [-0.2, -0.15) is 17.4 Å². The van der Waals surface area contributed by atoms with Crippen LogP contribution in [-0.2, 0) is 21.5 Å². The monoisotopic (exact) mass is 312 g/mol. The molecular formula is C14H20N2O4S. The lowest BCUT2D eigenvalue weighted by atomic mass is 9.92. The molecule has 0 aromatic heterocycles. The first-order valence-electron chi connectivity index (χ1n) is 6.90. The van der Waals surface area contributed by atoms with Crippen molar-refractivity contribution < 1.29 is 18.3 Å². The molecule has 7 heteroatoms. The van der Waals surface area contributed by atoms with Crippen LogP contribution in [0.15, 0.2) is 30.3 Å². The van der Waals surface area contributed by atoms with Crippen LogP contribution in [0.1, 0.15) is 18.9 Å². The topological polar surface area (TPSA) is 86.7 Å². The molecule has 6 nitrogen and oxygen atoms in total. The van der Waals surface area contributed by atoms with Crippen LogP contribution in [0.3, 0.4) is 0 Å². The molecule has 1 aromatic rings. The standard InChI is InChI=1S/C14H20N2O4S/c1-11-7-13(14(17)18)10-16(9-11)21(19,20)15-8-12-5-3-2-4-6-12/h2-6,11,13,15H,7-10H2,1H3,(H,17,18). The second-order valence-corrected chi connectivity index (χ2v) is 7.26. The van der Waals surface area contributed by atoms with E-state index in [4.69, 9.17) is 5.11 Å². The predicted octanol–water partition coefficient (Wildman–Crippen LogP) is 1.06. The Hall–Kier alpha value is -1.44. The normalized spacial score (nSPS) is 23.9. The molecule has 0 spiro atoms. The summed E-state index contributed by atoms with van der Waals surface area (Å²) < 4.78 is 28.4. The van der Waals surface area contributed by atoms with Gasteiger partial charge in [-0.15, -0.1) is 0 Å². The molecule has 0 bridgehead atoms. The number of carbonyl (C=O) groups is 1. The van der Waals surface area contributed by atoms with Crippen molar-refractivity contribution >= 4 is 16.2 Å². The highest BCUT2D eigenvalue weighted by molar-refractivity contribution is 7.87. The maximum atomic E-state index is 12.3. The fraction of sp³-hybridized carbons (Fsp3) is 0.500. The molecule has 21 heavy (non-hydrogen) atoms. The van der Waals surface area contributed by atoms with Crippen molar-refractivity contribution in [3.8, 4) is 0 Å². The molecule has 1 fully saturated rings. The van der Waals surface area contributed by atoms with Gasteiger partial charge >= 0.3 is 5.97 Å². The van der Waals surface area contributed by atoms with E-state index in [1.54, 1.807) is 0 Å². The van der Waals surface area contributed by atoms with Crippen molar-refractivity contribution in [3.05, 3.63) is 35.9 Å². The summed E-state index contributed by atoms with van der Waals surface area (Å²) in [7, 11) is -3.66. The molecule has 2 unspecified atom stereocenters. The number of piperidine rings is 1. The number of rotatable bonds is 5.